The molecule has 6 nitrogen and oxygen atoms in total. The normalized spacial score (nSPS) is 15.8. The molecule has 1 aromatic carbocycles. The molecule has 2 aromatic rings. The monoisotopic (exact) mass is 380 g/mol. The molecular weight excluding hydrogens is 363 g/mol. The lowest BCUT2D eigenvalue weighted by molar-refractivity contribution is -0.138. The number of aromatic nitrogens is 2. The van der Waals surface area contributed by atoms with Gasteiger partial charge in [-0.15, -0.1) is 0 Å². The van der Waals surface area contributed by atoms with E-state index in [2.05, 4.69) is 14.9 Å². The van der Waals surface area contributed by atoms with Gasteiger partial charge in [-0.05, 0) is 25.1 Å². The fourth-order valence-corrected chi connectivity index (χ4v) is 2.93. The van der Waals surface area contributed by atoms with Crippen molar-refractivity contribution in [2.75, 3.05) is 31.1 Å². The van der Waals surface area contributed by atoms with Gasteiger partial charge in [0.1, 0.15) is 5.75 Å². The van der Waals surface area contributed by atoms with Crippen molar-refractivity contribution in [2.45, 2.75) is 13.0 Å². The zero-order valence-electron chi connectivity index (χ0n) is 13.7. The average molecular weight is 381 g/mol. The predicted octanol–water partition coefficient (Wildman–Crippen LogP) is 2.90. The first-order valence-corrected chi connectivity index (χ1v) is 8.72. The van der Waals surface area contributed by atoms with E-state index in [0.717, 1.165) is 0 Å². The lowest BCUT2D eigenvalue weighted by Gasteiger charge is -2.35. The van der Waals surface area contributed by atoms with Crippen LogP contribution in [0.25, 0.3) is 0 Å². The number of nitrogens with zero attached hydrogens (tertiary/aromatic N) is 4. The number of piperazine rings is 1. The second-order valence-electron chi connectivity index (χ2n) is 5.70. The van der Waals surface area contributed by atoms with E-state index < -0.39 is 6.10 Å². The first-order chi connectivity index (χ1) is 12.0. The minimum absolute atomic E-state index is 0.0558. The van der Waals surface area contributed by atoms with Gasteiger partial charge in [0.25, 0.3) is 5.91 Å². The van der Waals surface area contributed by atoms with Gasteiger partial charge in [0.05, 0.1) is 10.0 Å². The van der Waals surface area contributed by atoms with Crippen LogP contribution in [0.5, 0.6) is 5.75 Å². The molecule has 1 atom stereocenters. The van der Waals surface area contributed by atoms with E-state index in [1.54, 1.807) is 48.5 Å². The van der Waals surface area contributed by atoms with Gasteiger partial charge < -0.3 is 14.5 Å². The Bertz CT molecular complexity index is 737. The van der Waals surface area contributed by atoms with Crippen molar-refractivity contribution in [3.05, 3.63) is 46.7 Å². The van der Waals surface area contributed by atoms with Crippen molar-refractivity contribution in [3.63, 3.8) is 0 Å². The Morgan fingerprint density at radius 1 is 1.12 bits per heavy atom. The molecule has 1 aromatic heterocycles. The van der Waals surface area contributed by atoms with Crippen LogP contribution in [0.15, 0.2) is 36.7 Å². The fraction of sp³-hybridized carbons (Fsp3) is 0.353. The molecule has 0 aliphatic carbocycles. The topological polar surface area (TPSA) is 58.6 Å². The summed E-state index contributed by atoms with van der Waals surface area (Å²) < 4.78 is 5.70. The van der Waals surface area contributed by atoms with Gasteiger partial charge in [-0.3, -0.25) is 4.79 Å². The van der Waals surface area contributed by atoms with E-state index in [-0.39, 0.29) is 5.91 Å². The molecule has 25 heavy (non-hydrogen) atoms. The number of anilines is 1. The van der Waals surface area contributed by atoms with E-state index >= 15 is 0 Å². The first kappa shape index (κ1) is 17.8. The highest BCUT2D eigenvalue weighted by Crippen LogP contribution is 2.27. The molecule has 1 saturated heterocycles. The second kappa shape index (κ2) is 7.89. The van der Waals surface area contributed by atoms with Crippen LogP contribution < -0.4 is 9.64 Å². The summed E-state index contributed by atoms with van der Waals surface area (Å²) in [6.45, 7) is 4.32. The Labute approximate surface area is 156 Å². The van der Waals surface area contributed by atoms with Gasteiger partial charge in [0.2, 0.25) is 5.95 Å². The number of hydrogen-bond acceptors (Lipinski definition) is 5. The SMILES string of the molecule is CC(Oc1ccc(Cl)c(Cl)c1)C(=O)N1CCN(c2ncccn2)CC1. The Kier molecular flexibility index (Phi) is 5.60. The summed E-state index contributed by atoms with van der Waals surface area (Å²) in [5, 5.41) is 0.850. The molecule has 2 heterocycles. The van der Waals surface area contributed by atoms with Gasteiger partial charge in [-0.25, -0.2) is 9.97 Å². The number of rotatable bonds is 4. The third kappa shape index (κ3) is 4.32. The maximum Gasteiger partial charge on any atom is 0.263 e. The van der Waals surface area contributed by atoms with Crippen LogP contribution in [-0.4, -0.2) is 53.1 Å². The minimum Gasteiger partial charge on any atom is -0.481 e. The molecule has 1 aliphatic heterocycles. The van der Waals surface area contributed by atoms with Crippen LogP contribution >= 0.6 is 23.2 Å². The van der Waals surface area contributed by atoms with Crippen molar-refractivity contribution in [1.29, 1.82) is 0 Å². The number of amides is 1. The Balaban J connectivity index is 1.55. The summed E-state index contributed by atoms with van der Waals surface area (Å²) in [5.74, 6) is 1.15. The summed E-state index contributed by atoms with van der Waals surface area (Å²) in [5.41, 5.74) is 0. The van der Waals surface area contributed by atoms with E-state index in [9.17, 15) is 4.79 Å². The molecule has 1 amide bonds. The highest BCUT2D eigenvalue weighted by atomic mass is 35.5. The standard InChI is InChI=1S/C17H18Cl2N4O2/c1-12(25-13-3-4-14(18)15(19)11-13)16(24)22-7-9-23(10-8-22)17-20-5-2-6-21-17/h2-6,11-12H,7-10H2,1H3. The van der Waals surface area contributed by atoms with Gasteiger partial charge in [0, 0.05) is 44.6 Å². The van der Waals surface area contributed by atoms with Gasteiger partial charge in [-0.1, -0.05) is 23.2 Å². The van der Waals surface area contributed by atoms with E-state index in [1.165, 1.54) is 0 Å². The van der Waals surface area contributed by atoms with Crippen LogP contribution in [0.1, 0.15) is 6.92 Å². The number of carbonyl (C=O) groups is 1. The molecule has 0 N–H and O–H groups in total. The lowest BCUT2D eigenvalue weighted by atomic mass is 10.2. The summed E-state index contributed by atoms with van der Waals surface area (Å²) in [4.78, 5) is 24.9. The highest BCUT2D eigenvalue weighted by Gasteiger charge is 2.27. The number of ether oxygens (including phenoxy) is 1. The summed E-state index contributed by atoms with van der Waals surface area (Å²) in [7, 11) is 0. The number of carbonyl (C=O) groups excluding carboxylic acids is 1. The van der Waals surface area contributed by atoms with Crippen LogP contribution in [-0.2, 0) is 4.79 Å². The van der Waals surface area contributed by atoms with Gasteiger partial charge in [0.15, 0.2) is 6.10 Å². The van der Waals surface area contributed by atoms with Crippen molar-refractivity contribution in [3.8, 4) is 5.75 Å². The molecule has 1 unspecified atom stereocenters. The molecule has 8 heteroatoms. The number of halogens is 2. The molecule has 0 saturated carbocycles. The molecule has 132 valence electrons. The molecule has 1 fully saturated rings. The van der Waals surface area contributed by atoms with E-state index in [1.807, 2.05) is 0 Å². The van der Waals surface area contributed by atoms with E-state index in [4.69, 9.17) is 27.9 Å². The largest absolute Gasteiger partial charge is 0.481 e. The Morgan fingerprint density at radius 3 is 2.44 bits per heavy atom. The van der Waals surface area contributed by atoms with Crippen LogP contribution in [0.2, 0.25) is 10.0 Å². The molecule has 0 spiro atoms. The zero-order chi connectivity index (χ0) is 17.8. The third-order valence-corrected chi connectivity index (χ3v) is 4.72. The molecule has 0 radical (unpaired) electrons. The summed E-state index contributed by atoms with van der Waals surface area (Å²) >= 11 is 11.9. The van der Waals surface area contributed by atoms with Crippen LogP contribution in [0.4, 0.5) is 5.95 Å². The Hall–Kier alpha value is -2.05. The molecule has 3 rings (SSSR count). The predicted molar refractivity (Wildman–Crippen MR) is 97.4 cm³/mol. The minimum atomic E-state index is -0.600. The molecular formula is C17H18Cl2N4O2. The third-order valence-electron chi connectivity index (χ3n) is 3.98. The van der Waals surface area contributed by atoms with E-state index in [0.29, 0.717) is 47.9 Å². The molecule has 1 aliphatic rings. The van der Waals surface area contributed by atoms with Crippen molar-refractivity contribution < 1.29 is 9.53 Å². The second-order valence-corrected chi connectivity index (χ2v) is 6.51. The zero-order valence-corrected chi connectivity index (χ0v) is 15.2. The lowest BCUT2D eigenvalue weighted by Crippen LogP contribution is -2.52. The van der Waals surface area contributed by atoms with Crippen molar-refractivity contribution in [2.24, 2.45) is 0 Å². The number of hydrogen-bond donors (Lipinski definition) is 0. The highest BCUT2D eigenvalue weighted by molar-refractivity contribution is 6.42. The van der Waals surface area contributed by atoms with Crippen LogP contribution in [0.3, 0.4) is 0 Å². The Morgan fingerprint density at radius 2 is 1.80 bits per heavy atom. The average Bonchev–Trinajstić information content (AvgIpc) is 2.65. The van der Waals surface area contributed by atoms with Crippen LogP contribution in [0, 0.1) is 0 Å². The summed E-state index contributed by atoms with van der Waals surface area (Å²) in [6, 6.07) is 6.74. The maximum absolute atomic E-state index is 12.6. The van der Waals surface area contributed by atoms with Crippen molar-refractivity contribution >= 4 is 35.1 Å². The quantitative estimate of drug-likeness (QED) is 0.815. The maximum atomic E-state index is 12.6. The fourth-order valence-electron chi connectivity index (χ4n) is 2.64. The first-order valence-electron chi connectivity index (χ1n) is 7.97. The van der Waals surface area contributed by atoms with Gasteiger partial charge >= 0.3 is 0 Å². The van der Waals surface area contributed by atoms with Crippen molar-refractivity contribution in [1.82, 2.24) is 14.9 Å². The van der Waals surface area contributed by atoms with Gasteiger partial charge in [-0.2, -0.15) is 0 Å². The number of benzene rings is 1. The summed E-state index contributed by atoms with van der Waals surface area (Å²) in [6.07, 6.45) is 2.83. The molecule has 0 bridgehead atoms. The smallest absolute Gasteiger partial charge is 0.263 e.